The van der Waals surface area contributed by atoms with E-state index < -0.39 is 5.97 Å². The van der Waals surface area contributed by atoms with Gasteiger partial charge in [0.05, 0.1) is 5.92 Å². The van der Waals surface area contributed by atoms with Gasteiger partial charge in [-0.05, 0) is 37.5 Å². The third-order valence-electron chi connectivity index (χ3n) is 4.44. The molecule has 0 aliphatic carbocycles. The zero-order valence-electron chi connectivity index (χ0n) is 13.9. The number of carboxylic acids is 1. The minimum Gasteiger partial charge on any atom is -0.481 e. The number of carbonyl (C=O) groups is 1. The number of benzene rings is 1. The van der Waals surface area contributed by atoms with Crippen molar-refractivity contribution in [1.82, 2.24) is 9.97 Å². The van der Waals surface area contributed by atoms with Crippen LogP contribution in [0.25, 0.3) is 0 Å². The molecular weight excluding hydrogens is 342 g/mol. The van der Waals surface area contributed by atoms with E-state index in [-0.39, 0.29) is 5.92 Å². The number of nitrogen functional groups attached to an aromatic ring is 1. The first-order valence-corrected chi connectivity index (χ1v) is 8.45. The molecular formula is C17H20ClN5O2. The number of carboxylic acid groups (broad SMARTS) is 1. The predicted octanol–water partition coefficient (Wildman–Crippen LogP) is 3.07. The van der Waals surface area contributed by atoms with E-state index >= 15 is 0 Å². The Labute approximate surface area is 150 Å². The lowest BCUT2D eigenvalue weighted by Gasteiger charge is -2.31. The molecule has 1 aliphatic heterocycles. The Balaban J connectivity index is 1.78. The Morgan fingerprint density at radius 1 is 1.36 bits per heavy atom. The summed E-state index contributed by atoms with van der Waals surface area (Å²) in [6.07, 6.45) is 2.61. The molecule has 0 spiro atoms. The molecule has 25 heavy (non-hydrogen) atoms. The molecule has 8 heteroatoms. The second kappa shape index (κ2) is 7.14. The molecule has 0 unspecified atom stereocenters. The lowest BCUT2D eigenvalue weighted by atomic mass is 9.97. The lowest BCUT2D eigenvalue weighted by molar-refractivity contribution is -0.142. The van der Waals surface area contributed by atoms with Gasteiger partial charge >= 0.3 is 5.97 Å². The number of hydrogen-bond acceptors (Lipinski definition) is 6. The van der Waals surface area contributed by atoms with E-state index in [1.54, 1.807) is 0 Å². The number of halogens is 1. The number of aromatic nitrogens is 2. The largest absolute Gasteiger partial charge is 0.481 e. The van der Waals surface area contributed by atoms with Crippen LogP contribution >= 0.6 is 11.6 Å². The lowest BCUT2D eigenvalue weighted by Crippen LogP contribution is -2.37. The van der Waals surface area contributed by atoms with E-state index in [4.69, 9.17) is 22.4 Å². The Hall–Kier alpha value is -2.54. The summed E-state index contributed by atoms with van der Waals surface area (Å²) in [5, 5.41) is 12.9. The van der Waals surface area contributed by atoms with Gasteiger partial charge in [-0.2, -0.15) is 0 Å². The highest BCUT2D eigenvalue weighted by Gasteiger charge is 2.26. The fourth-order valence-corrected chi connectivity index (χ4v) is 3.06. The third-order valence-corrected chi connectivity index (χ3v) is 4.85. The molecule has 1 saturated heterocycles. The number of nitrogens with one attached hydrogen (secondary N) is 1. The Bertz CT molecular complexity index is 791. The van der Waals surface area contributed by atoms with Gasteiger partial charge in [0.25, 0.3) is 0 Å². The minimum atomic E-state index is -0.742. The Morgan fingerprint density at radius 2 is 2.08 bits per heavy atom. The zero-order chi connectivity index (χ0) is 18.0. The zero-order valence-corrected chi connectivity index (χ0v) is 14.6. The molecule has 0 amide bonds. The van der Waals surface area contributed by atoms with Crippen molar-refractivity contribution >= 4 is 40.6 Å². The molecule has 0 atom stereocenters. The van der Waals surface area contributed by atoms with Gasteiger partial charge in [0.2, 0.25) is 0 Å². The number of nitrogens with two attached hydrogens (primary N) is 1. The first-order chi connectivity index (χ1) is 12.0. The quantitative estimate of drug-likeness (QED) is 0.768. The van der Waals surface area contributed by atoms with Gasteiger partial charge in [-0.25, -0.2) is 9.97 Å². The van der Waals surface area contributed by atoms with Crippen LogP contribution in [0.3, 0.4) is 0 Å². The molecule has 1 aliphatic rings. The molecule has 1 fully saturated rings. The van der Waals surface area contributed by atoms with E-state index in [9.17, 15) is 4.79 Å². The smallest absolute Gasteiger partial charge is 0.306 e. The number of aliphatic carboxylic acids is 1. The minimum absolute atomic E-state index is 0.299. The van der Waals surface area contributed by atoms with Crippen LogP contribution in [0.2, 0.25) is 5.02 Å². The van der Waals surface area contributed by atoms with Crippen LogP contribution in [0, 0.1) is 12.8 Å². The van der Waals surface area contributed by atoms with Crippen LogP contribution < -0.4 is 16.0 Å². The summed E-state index contributed by atoms with van der Waals surface area (Å²) in [4.78, 5) is 21.6. The number of anilines is 4. The van der Waals surface area contributed by atoms with Crippen LogP contribution in [0.1, 0.15) is 18.4 Å². The molecule has 3 rings (SSSR count). The van der Waals surface area contributed by atoms with Crippen molar-refractivity contribution in [3.05, 3.63) is 35.1 Å². The SMILES string of the molecule is Cc1ccc(Nc2ncnc(N3CCC(C(=O)O)CC3)c2N)cc1Cl. The summed E-state index contributed by atoms with van der Waals surface area (Å²) in [7, 11) is 0. The molecule has 1 aromatic heterocycles. The first-order valence-electron chi connectivity index (χ1n) is 8.07. The molecule has 0 bridgehead atoms. The highest BCUT2D eigenvalue weighted by molar-refractivity contribution is 6.31. The molecule has 132 valence electrons. The summed E-state index contributed by atoms with van der Waals surface area (Å²) in [5.41, 5.74) is 8.46. The highest BCUT2D eigenvalue weighted by atomic mass is 35.5. The average Bonchev–Trinajstić information content (AvgIpc) is 2.60. The summed E-state index contributed by atoms with van der Waals surface area (Å²) >= 11 is 6.15. The maximum atomic E-state index is 11.1. The van der Waals surface area contributed by atoms with Crippen LogP contribution in [-0.2, 0) is 4.79 Å². The maximum Gasteiger partial charge on any atom is 0.306 e. The summed E-state index contributed by atoms with van der Waals surface area (Å²) in [6.45, 7) is 3.14. The van der Waals surface area contributed by atoms with Gasteiger partial charge in [-0.15, -0.1) is 0 Å². The second-order valence-electron chi connectivity index (χ2n) is 6.15. The third kappa shape index (κ3) is 3.76. The Morgan fingerprint density at radius 3 is 2.72 bits per heavy atom. The van der Waals surface area contributed by atoms with Crippen LogP contribution in [-0.4, -0.2) is 34.1 Å². The van der Waals surface area contributed by atoms with E-state index in [0.717, 1.165) is 11.3 Å². The van der Waals surface area contributed by atoms with E-state index in [0.29, 0.717) is 48.3 Å². The summed E-state index contributed by atoms with van der Waals surface area (Å²) in [6, 6.07) is 5.64. The number of hydrogen-bond donors (Lipinski definition) is 3. The topological polar surface area (TPSA) is 104 Å². The van der Waals surface area contributed by atoms with E-state index in [1.165, 1.54) is 6.33 Å². The number of piperidine rings is 1. The fourth-order valence-electron chi connectivity index (χ4n) is 2.88. The van der Waals surface area contributed by atoms with Gasteiger partial charge in [0, 0.05) is 23.8 Å². The summed E-state index contributed by atoms with van der Waals surface area (Å²) in [5.74, 6) is 0.0883. The van der Waals surface area contributed by atoms with Crippen molar-refractivity contribution in [2.75, 3.05) is 29.0 Å². The van der Waals surface area contributed by atoms with Gasteiger partial charge < -0.3 is 21.1 Å². The molecule has 2 aromatic rings. The van der Waals surface area contributed by atoms with E-state index in [2.05, 4.69) is 15.3 Å². The number of nitrogens with zero attached hydrogens (tertiary/aromatic N) is 3. The molecule has 7 nitrogen and oxygen atoms in total. The monoisotopic (exact) mass is 361 g/mol. The Kier molecular flexibility index (Phi) is 4.94. The average molecular weight is 362 g/mol. The van der Waals surface area contributed by atoms with E-state index in [1.807, 2.05) is 30.0 Å². The van der Waals surface area contributed by atoms with Crippen LogP contribution in [0.5, 0.6) is 0 Å². The van der Waals surface area contributed by atoms with Gasteiger partial charge in [-0.3, -0.25) is 4.79 Å². The predicted molar refractivity (Wildman–Crippen MR) is 98.5 cm³/mol. The first kappa shape index (κ1) is 17.3. The molecule has 4 N–H and O–H groups in total. The number of rotatable bonds is 4. The van der Waals surface area contributed by atoms with Crippen molar-refractivity contribution in [2.24, 2.45) is 5.92 Å². The van der Waals surface area contributed by atoms with Gasteiger partial charge in [-0.1, -0.05) is 17.7 Å². The highest BCUT2D eigenvalue weighted by Crippen LogP contribution is 2.32. The fraction of sp³-hybridized carbons (Fsp3) is 0.353. The van der Waals surface area contributed by atoms with Crippen molar-refractivity contribution < 1.29 is 9.90 Å². The van der Waals surface area contributed by atoms with Gasteiger partial charge in [0.1, 0.15) is 12.0 Å². The van der Waals surface area contributed by atoms with Crippen molar-refractivity contribution in [3.8, 4) is 0 Å². The normalized spacial score (nSPS) is 15.2. The molecule has 1 aromatic carbocycles. The molecule has 0 radical (unpaired) electrons. The molecule has 0 saturated carbocycles. The van der Waals surface area contributed by atoms with Crippen LogP contribution in [0.4, 0.5) is 23.0 Å². The van der Waals surface area contributed by atoms with Crippen molar-refractivity contribution in [1.29, 1.82) is 0 Å². The number of aryl methyl sites for hydroxylation is 1. The molecule has 2 heterocycles. The second-order valence-corrected chi connectivity index (χ2v) is 6.56. The van der Waals surface area contributed by atoms with Crippen molar-refractivity contribution in [3.63, 3.8) is 0 Å². The standard InChI is InChI=1S/C17H20ClN5O2/c1-10-2-3-12(8-13(10)18)22-15-14(19)16(21-9-20-15)23-6-4-11(5-7-23)17(24)25/h2-3,8-9,11H,4-7,19H2,1H3,(H,24,25)(H,20,21,22). The van der Waals surface area contributed by atoms with Crippen molar-refractivity contribution in [2.45, 2.75) is 19.8 Å². The van der Waals surface area contributed by atoms with Gasteiger partial charge in [0.15, 0.2) is 11.6 Å². The maximum absolute atomic E-state index is 11.1. The van der Waals surface area contributed by atoms with Crippen LogP contribution in [0.15, 0.2) is 24.5 Å². The summed E-state index contributed by atoms with van der Waals surface area (Å²) < 4.78 is 0.